The van der Waals surface area contributed by atoms with Gasteiger partial charge in [0.1, 0.15) is 5.75 Å². The fraction of sp³-hybridized carbons (Fsp3) is 0.429. The van der Waals surface area contributed by atoms with Crippen LogP contribution in [0.5, 0.6) is 5.75 Å². The fourth-order valence-electron chi connectivity index (χ4n) is 3.36. The van der Waals surface area contributed by atoms with Crippen molar-refractivity contribution in [2.24, 2.45) is 0 Å². The molecule has 0 atom stereocenters. The van der Waals surface area contributed by atoms with E-state index < -0.39 is 0 Å². The van der Waals surface area contributed by atoms with Gasteiger partial charge in [0.05, 0.1) is 7.11 Å². The van der Waals surface area contributed by atoms with Gasteiger partial charge in [0.2, 0.25) is 0 Å². The van der Waals surface area contributed by atoms with Gasteiger partial charge >= 0.3 is 0 Å². The van der Waals surface area contributed by atoms with Crippen LogP contribution in [0.2, 0.25) is 0 Å². The second-order valence-corrected chi connectivity index (χ2v) is 6.48. The van der Waals surface area contributed by atoms with Crippen molar-refractivity contribution in [1.29, 1.82) is 0 Å². The third kappa shape index (κ3) is 6.81. The summed E-state index contributed by atoms with van der Waals surface area (Å²) < 4.78 is 5.45. The number of ether oxygens (including phenoxy) is 1. The number of halogens is 2. The zero-order chi connectivity index (χ0) is 16.6. The van der Waals surface area contributed by atoms with Crippen LogP contribution in [-0.4, -0.2) is 56.2 Å². The molecule has 1 aliphatic heterocycles. The average molecular weight is 397 g/mol. The highest BCUT2D eigenvalue weighted by Gasteiger charge is 2.16. The standard InChI is InChI=1S/C21H28N2O.2ClH/c1-24-21-10-6-5-9-20(21)12-14-23-17-15-22(16-18-23)13-11-19-7-3-2-4-8-19;;/h2-10H,11-18H2,1H3;2*1H. The van der Waals surface area contributed by atoms with Crippen molar-refractivity contribution in [1.82, 2.24) is 9.80 Å². The lowest BCUT2D eigenvalue weighted by atomic mass is 10.1. The zero-order valence-corrected chi connectivity index (χ0v) is 17.1. The van der Waals surface area contributed by atoms with Crippen LogP contribution in [0.4, 0.5) is 0 Å². The Hall–Kier alpha value is -1.26. The molecule has 0 saturated carbocycles. The summed E-state index contributed by atoms with van der Waals surface area (Å²) in [5.41, 5.74) is 2.75. The molecule has 1 heterocycles. The topological polar surface area (TPSA) is 15.7 Å². The molecule has 1 fully saturated rings. The van der Waals surface area contributed by atoms with Crippen molar-refractivity contribution in [2.45, 2.75) is 12.8 Å². The molecule has 0 aromatic heterocycles. The number of benzene rings is 2. The van der Waals surface area contributed by atoms with Gasteiger partial charge in [0.25, 0.3) is 0 Å². The largest absolute Gasteiger partial charge is 0.496 e. The highest BCUT2D eigenvalue weighted by Crippen LogP contribution is 2.18. The van der Waals surface area contributed by atoms with Crippen LogP contribution >= 0.6 is 24.8 Å². The summed E-state index contributed by atoms with van der Waals surface area (Å²) in [4.78, 5) is 5.16. The Morgan fingerprint density at radius 3 is 1.88 bits per heavy atom. The summed E-state index contributed by atoms with van der Waals surface area (Å²) >= 11 is 0. The van der Waals surface area contributed by atoms with E-state index in [0.29, 0.717) is 0 Å². The van der Waals surface area contributed by atoms with Gasteiger partial charge in [-0.05, 0) is 30.0 Å². The van der Waals surface area contributed by atoms with Gasteiger partial charge in [-0.2, -0.15) is 0 Å². The summed E-state index contributed by atoms with van der Waals surface area (Å²) in [7, 11) is 1.75. The van der Waals surface area contributed by atoms with E-state index >= 15 is 0 Å². The highest BCUT2D eigenvalue weighted by molar-refractivity contribution is 5.85. The first kappa shape index (κ1) is 22.8. The molecule has 0 unspecified atom stereocenters. The summed E-state index contributed by atoms with van der Waals surface area (Å²) in [5.74, 6) is 1.01. The van der Waals surface area contributed by atoms with Crippen molar-refractivity contribution in [3.05, 3.63) is 65.7 Å². The maximum absolute atomic E-state index is 5.45. The van der Waals surface area contributed by atoms with Gasteiger partial charge in [0.15, 0.2) is 0 Å². The summed E-state index contributed by atoms with van der Waals surface area (Å²) in [6.07, 6.45) is 2.22. The lowest BCUT2D eigenvalue weighted by Crippen LogP contribution is -2.47. The summed E-state index contributed by atoms with van der Waals surface area (Å²) in [6, 6.07) is 19.2. The lowest BCUT2D eigenvalue weighted by molar-refractivity contribution is 0.134. The molecule has 3 nitrogen and oxygen atoms in total. The number of piperazine rings is 1. The van der Waals surface area contributed by atoms with Crippen molar-refractivity contribution in [3.63, 3.8) is 0 Å². The Morgan fingerprint density at radius 2 is 1.27 bits per heavy atom. The molecule has 1 aliphatic rings. The molecule has 0 aliphatic carbocycles. The van der Waals surface area contributed by atoms with E-state index in [9.17, 15) is 0 Å². The average Bonchev–Trinajstić information content (AvgIpc) is 2.66. The smallest absolute Gasteiger partial charge is 0.122 e. The first-order valence-corrected chi connectivity index (χ1v) is 8.95. The van der Waals surface area contributed by atoms with E-state index in [1.165, 1.54) is 43.9 Å². The summed E-state index contributed by atoms with van der Waals surface area (Å²) in [5, 5.41) is 0. The Kier molecular flexibility index (Phi) is 10.7. The van der Waals surface area contributed by atoms with Gasteiger partial charge in [0, 0.05) is 39.3 Å². The van der Waals surface area contributed by atoms with Crippen molar-refractivity contribution in [2.75, 3.05) is 46.4 Å². The molecule has 0 amide bonds. The minimum absolute atomic E-state index is 0. The van der Waals surface area contributed by atoms with Crippen LogP contribution < -0.4 is 4.74 Å². The van der Waals surface area contributed by atoms with Crippen LogP contribution in [0.3, 0.4) is 0 Å². The molecule has 26 heavy (non-hydrogen) atoms. The van der Waals surface area contributed by atoms with E-state index in [1.54, 1.807) is 7.11 Å². The Morgan fingerprint density at radius 1 is 0.731 bits per heavy atom. The molecular formula is C21H30Cl2N2O. The van der Waals surface area contributed by atoms with E-state index in [1.807, 2.05) is 6.07 Å². The van der Waals surface area contributed by atoms with Crippen molar-refractivity contribution < 1.29 is 4.74 Å². The van der Waals surface area contributed by atoms with Crippen molar-refractivity contribution >= 4 is 24.8 Å². The fourth-order valence-corrected chi connectivity index (χ4v) is 3.36. The van der Waals surface area contributed by atoms with Crippen LogP contribution in [0.15, 0.2) is 54.6 Å². The second-order valence-electron chi connectivity index (χ2n) is 6.48. The maximum Gasteiger partial charge on any atom is 0.122 e. The zero-order valence-electron chi connectivity index (χ0n) is 15.5. The Labute approximate surface area is 170 Å². The molecule has 3 rings (SSSR count). The van der Waals surface area contributed by atoms with E-state index in [2.05, 4.69) is 58.3 Å². The molecule has 1 saturated heterocycles. The molecule has 144 valence electrons. The predicted octanol–water partition coefficient (Wildman–Crippen LogP) is 3.94. The predicted molar refractivity (Wildman–Crippen MR) is 114 cm³/mol. The van der Waals surface area contributed by atoms with Gasteiger partial charge in [-0.3, -0.25) is 0 Å². The van der Waals surface area contributed by atoms with Gasteiger partial charge in [-0.15, -0.1) is 24.8 Å². The molecule has 0 spiro atoms. The molecule has 2 aromatic rings. The number of hydrogen-bond donors (Lipinski definition) is 0. The van der Waals surface area contributed by atoms with Crippen molar-refractivity contribution in [3.8, 4) is 5.75 Å². The Bertz CT molecular complexity index is 616. The lowest BCUT2D eigenvalue weighted by Gasteiger charge is -2.34. The Balaban J connectivity index is 0.00000169. The quantitative estimate of drug-likeness (QED) is 0.704. The summed E-state index contributed by atoms with van der Waals surface area (Å²) in [6.45, 7) is 6.99. The van der Waals surface area contributed by atoms with E-state index in [0.717, 1.165) is 25.1 Å². The third-order valence-corrected chi connectivity index (χ3v) is 4.91. The van der Waals surface area contributed by atoms with Crippen LogP contribution in [0.25, 0.3) is 0 Å². The number of methoxy groups -OCH3 is 1. The SMILES string of the molecule is COc1ccccc1CCN1CCN(CCc2ccccc2)CC1.Cl.Cl. The molecule has 5 heteroatoms. The minimum atomic E-state index is 0. The van der Waals surface area contributed by atoms with Crippen LogP contribution in [-0.2, 0) is 12.8 Å². The minimum Gasteiger partial charge on any atom is -0.496 e. The maximum atomic E-state index is 5.45. The molecule has 0 N–H and O–H groups in total. The normalized spacial score (nSPS) is 15.0. The van der Waals surface area contributed by atoms with Gasteiger partial charge in [-0.1, -0.05) is 48.5 Å². The van der Waals surface area contributed by atoms with Crippen LogP contribution in [0, 0.1) is 0 Å². The van der Waals surface area contributed by atoms with Gasteiger partial charge < -0.3 is 14.5 Å². The molecule has 0 radical (unpaired) electrons. The molecular weight excluding hydrogens is 367 g/mol. The second kappa shape index (κ2) is 12.2. The first-order valence-electron chi connectivity index (χ1n) is 8.95. The van der Waals surface area contributed by atoms with E-state index in [4.69, 9.17) is 4.74 Å². The molecule has 0 bridgehead atoms. The van der Waals surface area contributed by atoms with Gasteiger partial charge in [-0.25, -0.2) is 0 Å². The highest BCUT2D eigenvalue weighted by atomic mass is 35.5. The van der Waals surface area contributed by atoms with E-state index in [-0.39, 0.29) is 24.8 Å². The van der Waals surface area contributed by atoms with Crippen LogP contribution in [0.1, 0.15) is 11.1 Å². The first-order chi connectivity index (χ1) is 11.8. The number of nitrogens with zero attached hydrogens (tertiary/aromatic N) is 2. The third-order valence-electron chi connectivity index (χ3n) is 4.91. The molecule has 2 aromatic carbocycles. The number of para-hydroxylation sites is 1. The number of rotatable bonds is 7. The monoisotopic (exact) mass is 396 g/mol. The number of hydrogen-bond acceptors (Lipinski definition) is 3.